The lowest BCUT2D eigenvalue weighted by molar-refractivity contribution is 1.21. The second-order valence-corrected chi connectivity index (χ2v) is 9.33. The highest BCUT2D eigenvalue weighted by atomic mass is 14.8. The lowest BCUT2D eigenvalue weighted by Gasteiger charge is -2.08. The van der Waals surface area contributed by atoms with Crippen molar-refractivity contribution in [2.24, 2.45) is 0 Å². The van der Waals surface area contributed by atoms with Crippen LogP contribution in [0.2, 0.25) is 0 Å². The highest BCUT2D eigenvalue weighted by Crippen LogP contribution is 2.33. The smallest absolute Gasteiger partial charge is 0.0971 e. The summed E-state index contributed by atoms with van der Waals surface area (Å²) in [6.07, 6.45) is 6.99. The molecule has 0 aliphatic carbocycles. The molecule has 0 saturated heterocycles. The van der Waals surface area contributed by atoms with Gasteiger partial charge in [-0.1, -0.05) is 108 Å². The van der Waals surface area contributed by atoms with Crippen LogP contribution in [0.4, 0.5) is 0 Å². The molecule has 0 atom stereocenters. The standard InChI is InChI=1S/C17H12N2.C17H14N2/c1-11-6-7-14-15(10-11)12-4-2-3-5-13(12)16-17(14)19-9-8-18-16;1-13-7-9-15(10-8-13)17-16(18-11-12-19-17)14-5-3-2-4-6-14/h2-10H,1H3;2-12H,1H3. The Labute approximate surface area is 221 Å². The molecular formula is C34H26N4. The molecular weight excluding hydrogens is 464 g/mol. The van der Waals surface area contributed by atoms with Gasteiger partial charge in [0.25, 0.3) is 0 Å². The van der Waals surface area contributed by atoms with Gasteiger partial charge in [0.15, 0.2) is 0 Å². The van der Waals surface area contributed by atoms with E-state index in [-0.39, 0.29) is 0 Å². The van der Waals surface area contributed by atoms with Crippen LogP contribution in [0.1, 0.15) is 11.1 Å². The zero-order valence-electron chi connectivity index (χ0n) is 21.3. The number of rotatable bonds is 2. The van der Waals surface area contributed by atoms with Crippen LogP contribution < -0.4 is 0 Å². The molecule has 7 aromatic rings. The van der Waals surface area contributed by atoms with Crippen LogP contribution in [0.15, 0.2) is 122 Å². The van der Waals surface area contributed by atoms with Crippen LogP contribution in [0.5, 0.6) is 0 Å². The molecule has 5 aromatic carbocycles. The summed E-state index contributed by atoms with van der Waals surface area (Å²) < 4.78 is 0. The first kappa shape index (κ1) is 23.4. The first-order valence-corrected chi connectivity index (χ1v) is 12.6. The van der Waals surface area contributed by atoms with E-state index >= 15 is 0 Å². The summed E-state index contributed by atoms with van der Waals surface area (Å²) in [4.78, 5) is 18.0. The van der Waals surface area contributed by atoms with Crippen LogP contribution in [0.25, 0.3) is 55.1 Å². The number of aromatic nitrogens is 4. The van der Waals surface area contributed by atoms with Crippen molar-refractivity contribution in [2.75, 3.05) is 0 Å². The predicted molar refractivity (Wildman–Crippen MR) is 157 cm³/mol. The maximum Gasteiger partial charge on any atom is 0.0971 e. The van der Waals surface area contributed by atoms with E-state index in [1.807, 2.05) is 18.2 Å². The first-order chi connectivity index (χ1) is 18.7. The normalized spacial score (nSPS) is 10.9. The summed E-state index contributed by atoms with van der Waals surface area (Å²) in [6, 6.07) is 33.4. The fourth-order valence-electron chi connectivity index (χ4n) is 4.81. The third-order valence-electron chi connectivity index (χ3n) is 6.67. The average Bonchev–Trinajstić information content (AvgIpc) is 2.98. The van der Waals surface area contributed by atoms with Crippen LogP contribution in [0, 0.1) is 13.8 Å². The summed E-state index contributed by atoms with van der Waals surface area (Å²) in [6.45, 7) is 4.20. The molecule has 0 unspecified atom stereocenters. The molecule has 7 rings (SSSR count). The number of hydrogen-bond donors (Lipinski definition) is 0. The molecule has 2 heterocycles. The fourth-order valence-corrected chi connectivity index (χ4v) is 4.81. The summed E-state index contributed by atoms with van der Waals surface area (Å²) in [5, 5.41) is 4.84. The van der Waals surface area contributed by atoms with Crippen LogP contribution in [-0.2, 0) is 0 Å². The molecule has 0 amide bonds. The number of fused-ring (bicyclic) bond motifs is 6. The molecule has 0 saturated carbocycles. The Morgan fingerprint density at radius 1 is 0.395 bits per heavy atom. The third kappa shape index (κ3) is 4.48. The van der Waals surface area contributed by atoms with E-state index in [2.05, 4.69) is 113 Å². The second-order valence-electron chi connectivity index (χ2n) is 9.33. The summed E-state index contributed by atoms with van der Waals surface area (Å²) >= 11 is 0. The monoisotopic (exact) mass is 490 g/mol. The number of nitrogens with zero attached hydrogens (tertiary/aromatic N) is 4. The van der Waals surface area contributed by atoms with Gasteiger partial charge >= 0.3 is 0 Å². The predicted octanol–water partition coefficient (Wildman–Crippen LogP) is 8.36. The van der Waals surface area contributed by atoms with E-state index in [1.165, 1.54) is 32.7 Å². The Hall–Kier alpha value is -4.96. The lowest BCUT2D eigenvalue weighted by Crippen LogP contribution is -1.92. The molecule has 0 bridgehead atoms. The molecule has 0 radical (unpaired) electrons. The van der Waals surface area contributed by atoms with E-state index in [0.717, 1.165) is 33.5 Å². The first-order valence-electron chi connectivity index (χ1n) is 12.6. The molecule has 0 aliphatic rings. The third-order valence-corrected chi connectivity index (χ3v) is 6.67. The van der Waals surface area contributed by atoms with Crippen molar-refractivity contribution in [1.29, 1.82) is 0 Å². The van der Waals surface area contributed by atoms with Gasteiger partial charge in [-0.3, -0.25) is 19.9 Å². The van der Waals surface area contributed by atoms with Gasteiger partial charge in [0.05, 0.1) is 22.4 Å². The van der Waals surface area contributed by atoms with Gasteiger partial charge < -0.3 is 0 Å². The molecule has 0 aliphatic heterocycles. The molecule has 182 valence electrons. The van der Waals surface area contributed by atoms with Gasteiger partial charge in [0, 0.05) is 46.7 Å². The Bertz CT molecular complexity index is 1840. The number of hydrogen-bond acceptors (Lipinski definition) is 4. The summed E-state index contributed by atoms with van der Waals surface area (Å²) in [5.41, 5.74) is 8.50. The van der Waals surface area contributed by atoms with Crippen LogP contribution >= 0.6 is 0 Å². The van der Waals surface area contributed by atoms with Crippen molar-refractivity contribution in [3.8, 4) is 22.5 Å². The number of aryl methyl sites for hydroxylation is 2. The molecule has 2 aromatic heterocycles. The lowest BCUT2D eigenvalue weighted by atomic mass is 9.98. The van der Waals surface area contributed by atoms with Gasteiger partial charge in [-0.15, -0.1) is 0 Å². The van der Waals surface area contributed by atoms with Crippen molar-refractivity contribution in [1.82, 2.24) is 19.9 Å². The van der Waals surface area contributed by atoms with Gasteiger partial charge in [-0.25, -0.2) is 0 Å². The van der Waals surface area contributed by atoms with E-state index in [4.69, 9.17) is 0 Å². The maximum absolute atomic E-state index is 4.53. The Balaban J connectivity index is 0.000000139. The zero-order chi connectivity index (χ0) is 25.9. The van der Waals surface area contributed by atoms with Gasteiger partial charge in [0.2, 0.25) is 0 Å². The minimum atomic E-state index is 0.923. The van der Waals surface area contributed by atoms with Crippen molar-refractivity contribution in [3.63, 3.8) is 0 Å². The summed E-state index contributed by atoms with van der Waals surface area (Å²) in [7, 11) is 0. The Morgan fingerprint density at radius 3 is 1.55 bits per heavy atom. The minimum absolute atomic E-state index is 0.923. The molecule has 0 fully saturated rings. The van der Waals surface area contributed by atoms with Gasteiger partial charge in [-0.05, 0) is 24.6 Å². The highest BCUT2D eigenvalue weighted by molar-refractivity contribution is 6.22. The van der Waals surface area contributed by atoms with Crippen molar-refractivity contribution >= 4 is 32.6 Å². The van der Waals surface area contributed by atoms with Gasteiger partial charge in [-0.2, -0.15) is 0 Å². The van der Waals surface area contributed by atoms with Crippen molar-refractivity contribution in [3.05, 3.63) is 133 Å². The topological polar surface area (TPSA) is 51.6 Å². The average molecular weight is 491 g/mol. The van der Waals surface area contributed by atoms with E-state index < -0.39 is 0 Å². The zero-order valence-corrected chi connectivity index (χ0v) is 21.3. The fraction of sp³-hybridized carbons (Fsp3) is 0.0588. The largest absolute Gasteiger partial charge is 0.252 e. The molecule has 0 N–H and O–H groups in total. The molecule has 4 heteroatoms. The van der Waals surface area contributed by atoms with E-state index in [1.54, 1.807) is 24.8 Å². The maximum atomic E-state index is 4.53. The van der Waals surface area contributed by atoms with Crippen LogP contribution in [-0.4, -0.2) is 19.9 Å². The molecule has 4 nitrogen and oxygen atoms in total. The number of benzene rings is 5. The van der Waals surface area contributed by atoms with E-state index in [9.17, 15) is 0 Å². The van der Waals surface area contributed by atoms with Crippen molar-refractivity contribution < 1.29 is 0 Å². The van der Waals surface area contributed by atoms with Crippen molar-refractivity contribution in [2.45, 2.75) is 13.8 Å². The Morgan fingerprint density at radius 2 is 0.895 bits per heavy atom. The summed E-state index contributed by atoms with van der Waals surface area (Å²) in [5.74, 6) is 0. The quantitative estimate of drug-likeness (QED) is 0.228. The SMILES string of the molecule is Cc1ccc(-c2nccnc2-c2ccccc2)cc1.Cc1ccc2c(c1)c1ccccc1c1nccnc21. The van der Waals surface area contributed by atoms with E-state index in [0.29, 0.717) is 0 Å². The molecule has 38 heavy (non-hydrogen) atoms. The minimum Gasteiger partial charge on any atom is -0.252 e. The highest BCUT2D eigenvalue weighted by Gasteiger charge is 2.10. The van der Waals surface area contributed by atoms with Gasteiger partial charge in [0.1, 0.15) is 0 Å². The second kappa shape index (κ2) is 10.2. The van der Waals surface area contributed by atoms with Crippen LogP contribution in [0.3, 0.4) is 0 Å². The Kier molecular flexibility index (Phi) is 6.29. The molecule has 0 spiro atoms.